The first-order valence-corrected chi connectivity index (χ1v) is 10.6. The number of amides is 3. The molecule has 0 saturated heterocycles. The molecule has 0 fully saturated rings. The molecule has 0 saturated carbocycles. The Kier molecular flexibility index (Phi) is 13.3. The van der Waals surface area contributed by atoms with Gasteiger partial charge in [0.15, 0.2) is 0 Å². The van der Waals surface area contributed by atoms with Gasteiger partial charge in [-0.05, 0) is 58.1 Å². The summed E-state index contributed by atoms with van der Waals surface area (Å²) in [5.41, 5.74) is 10.9. The molecule has 4 atom stereocenters. The van der Waals surface area contributed by atoms with E-state index in [0.29, 0.717) is 31.6 Å². The Morgan fingerprint density at radius 2 is 1.54 bits per heavy atom. The number of carboxylic acids is 1. The number of thioether (sulfide) groups is 1. The molecular weight excluding hydrogens is 386 g/mol. The van der Waals surface area contributed by atoms with Crippen LogP contribution < -0.4 is 27.4 Å². The first-order chi connectivity index (χ1) is 13.1. The maximum Gasteiger partial charge on any atom is 0.326 e. The van der Waals surface area contributed by atoms with Gasteiger partial charge < -0.3 is 32.5 Å². The Balaban J connectivity index is 4.83. The maximum absolute atomic E-state index is 12.5. The van der Waals surface area contributed by atoms with Crippen molar-refractivity contribution in [2.75, 3.05) is 18.6 Å². The second-order valence-corrected chi connectivity index (χ2v) is 7.53. The molecule has 0 aliphatic carbocycles. The van der Waals surface area contributed by atoms with E-state index in [0.717, 1.165) is 0 Å². The number of carbonyl (C=O) groups excluding carboxylic acids is 3. The molecule has 4 unspecified atom stereocenters. The van der Waals surface area contributed by atoms with E-state index in [1.54, 1.807) is 0 Å². The number of hydrogen-bond donors (Lipinski definition) is 6. The summed E-state index contributed by atoms with van der Waals surface area (Å²) in [5, 5.41) is 16.7. The number of nitrogens with one attached hydrogen (secondary N) is 3. The lowest BCUT2D eigenvalue weighted by molar-refractivity contribution is -0.142. The highest BCUT2D eigenvalue weighted by Crippen LogP contribution is 2.04. The highest BCUT2D eigenvalue weighted by molar-refractivity contribution is 7.98. The lowest BCUT2D eigenvalue weighted by atomic mass is 10.1. The lowest BCUT2D eigenvalue weighted by Crippen LogP contribution is -2.56. The van der Waals surface area contributed by atoms with Crippen LogP contribution >= 0.6 is 11.8 Å². The van der Waals surface area contributed by atoms with E-state index in [1.807, 2.05) is 6.26 Å². The highest BCUT2D eigenvalue weighted by Gasteiger charge is 2.27. The summed E-state index contributed by atoms with van der Waals surface area (Å²) in [6.07, 6.45) is 3.71. The number of rotatable bonds is 14. The molecule has 3 amide bonds. The van der Waals surface area contributed by atoms with Crippen molar-refractivity contribution in [3.63, 3.8) is 0 Å². The van der Waals surface area contributed by atoms with Crippen molar-refractivity contribution in [2.45, 2.75) is 63.7 Å². The van der Waals surface area contributed by atoms with Gasteiger partial charge in [0.25, 0.3) is 0 Å². The molecule has 10 nitrogen and oxygen atoms in total. The van der Waals surface area contributed by atoms with Gasteiger partial charge in [0, 0.05) is 0 Å². The number of aliphatic carboxylic acids is 1. The molecule has 0 aromatic heterocycles. The molecule has 0 radical (unpaired) electrons. The van der Waals surface area contributed by atoms with E-state index in [2.05, 4.69) is 16.0 Å². The van der Waals surface area contributed by atoms with Crippen LogP contribution in [-0.4, -0.2) is 71.5 Å². The molecule has 0 aliphatic heterocycles. The van der Waals surface area contributed by atoms with Crippen molar-refractivity contribution in [1.29, 1.82) is 0 Å². The fourth-order valence-corrected chi connectivity index (χ4v) is 2.71. The zero-order valence-corrected chi connectivity index (χ0v) is 17.5. The number of unbranched alkanes of at least 4 members (excludes halogenated alkanes) is 1. The zero-order valence-electron chi connectivity index (χ0n) is 16.7. The number of carbonyl (C=O) groups is 4. The minimum atomic E-state index is -1.15. The second kappa shape index (κ2) is 14.2. The van der Waals surface area contributed by atoms with Gasteiger partial charge >= 0.3 is 5.97 Å². The lowest BCUT2D eigenvalue weighted by Gasteiger charge is -2.23. The molecule has 0 bridgehead atoms. The number of carboxylic acid groups (broad SMARTS) is 1. The predicted molar refractivity (Wildman–Crippen MR) is 109 cm³/mol. The summed E-state index contributed by atoms with van der Waals surface area (Å²) in [4.78, 5) is 47.8. The zero-order chi connectivity index (χ0) is 21.7. The van der Waals surface area contributed by atoms with Gasteiger partial charge in [0.2, 0.25) is 17.7 Å². The number of nitrogens with two attached hydrogens (primary N) is 2. The molecular formula is C17H33N5O5S. The van der Waals surface area contributed by atoms with Crippen LogP contribution in [0.4, 0.5) is 0 Å². The molecule has 0 spiro atoms. The van der Waals surface area contributed by atoms with Gasteiger partial charge in [-0.15, -0.1) is 0 Å². The molecule has 0 rings (SSSR count). The molecule has 0 aromatic rings. The average Bonchev–Trinajstić information content (AvgIpc) is 2.63. The van der Waals surface area contributed by atoms with Gasteiger partial charge in [-0.1, -0.05) is 0 Å². The molecule has 0 aliphatic rings. The van der Waals surface area contributed by atoms with Crippen molar-refractivity contribution in [3.8, 4) is 0 Å². The van der Waals surface area contributed by atoms with Crippen LogP contribution in [0.2, 0.25) is 0 Å². The van der Waals surface area contributed by atoms with E-state index in [-0.39, 0.29) is 6.42 Å². The molecule has 28 heavy (non-hydrogen) atoms. The van der Waals surface area contributed by atoms with E-state index in [9.17, 15) is 24.3 Å². The van der Waals surface area contributed by atoms with Gasteiger partial charge in [-0.25, -0.2) is 4.79 Å². The molecule has 0 aromatic carbocycles. The summed E-state index contributed by atoms with van der Waals surface area (Å²) in [7, 11) is 0. The fourth-order valence-electron chi connectivity index (χ4n) is 2.23. The normalized spacial score (nSPS) is 15.0. The first kappa shape index (κ1) is 26.1. The summed E-state index contributed by atoms with van der Waals surface area (Å²) in [6, 6.07) is -3.62. The third kappa shape index (κ3) is 10.5. The van der Waals surface area contributed by atoms with Crippen LogP contribution in [0.5, 0.6) is 0 Å². The van der Waals surface area contributed by atoms with E-state index >= 15 is 0 Å². The SMILES string of the molecule is CSCCC(NC(=O)C(C)N)C(=O)NC(C)C(=O)NC(CCCCN)C(=O)O. The van der Waals surface area contributed by atoms with Crippen molar-refractivity contribution in [2.24, 2.45) is 11.5 Å². The quantitative estimate of drug-likeness (QED) is 0.190. The molecule has 8 N–H and O–H groups in total. The Labute approximate surface area is 169 Å². The van der Waals surface area contributed by atoms with E-state index < -0.39 is 47.9 Å². The fraction of sp³-hybridized carbons (Fsp3) is 0.765. The molecule has 0 heterocycles. The van der Waals surface area contributed by atoms with Crippen molar-refractivity contribution in [1.82, 2.24) is 16.0 Å². The third-order valence-corrected chi connectivity index (χ3v) is 4.61. The summed E-state index contributed by atoms with van der Waals surface area (Å²) in [5.74, 6) is -2.13. The van der Waals surface area contributed by atoms with Crippen molar-refractivity contribution in [3.05, 3.63) is 0 Å². The van der Waals surface area contributed by atoms with Gasteiger partial charge in [0.1, 0.15) is 18.1 Å². The Morgan fingerprint density at radius 3 is 2.04 bits per heavy atom. The van der Waals surface area contributed by atoms with Gasteiger partial charge in [-0.3, -0.25) is 14.4 Å². The minimum Gasteiger partial charge on any atom is -0.480 e. The average molecular weight is 420 g/mol. The second-order valence-electron chi connectivity index (χ2n) is 6.55. The Hall–Kier alpha value is -1.85. The summed E-state index contributed by atoms with van der Waals surface area (Å²) in [6.45, 7) is 3.40. The largest absolute Gasteiger partial charge is 0.480 e. The van der Waals surface area contributed by atoms with Crippen LogP contribution in [0.15, 0.2) is 0 Å². The van der Waals surface area contributed by atoms with Crippen molar-refractivity contribution >= 4 is 35.5 Å². The Bertz CT molecular complexity index is 532. The van der Waals surface area contributed by atoms with Crippen LogP contribution in [-0.2, 0) is 19.2 Å². The van der Waals surface area contributed by atoms with E-state index in [4.69, 9.17) is 11.5 Å². The molecule has 11 heteroatoms. The first-order valence-electron chi connectivity index (χ1n) is 9.22. The van der Waals surface area contributed by atoms with E-state index in [1.165, 1.54) is 25.6 Å². The van der Waals surface area contributed by atoms with Gasteiger partial charge in [0.05, 0.1) is 6.04 Å². The van der Waals surface area contributed by atoms with Crippen LogP contribution in [0.25, 0.3) is 0 Å². The third-order valence-electron chi connectivity index (χ3n) is 3.97. The summed E-state index contributed by atoms with van der Waals surface area (Å²) >= 11 is 1.51. The Morgan fingerprint density at radius 1 is 0.929 bits per heavy atom. The van der Waals surface area contributed by atoms with Crippen molar-refractivity contribution < 1.29 is 24.3 Å². The molecule has 162 valence electrons. The monoisotopic (exact) mass is 419 g/mol. The topological polar surface area (TPSA) is 177 Å². The standard InChI is InChI=1S/C17H33N5O5S/c1-10(19)14(23)21-12(7-9-28-3)16(25)20-11(2)15(24)22-13(17(26)27)6-4-5-8-18/h10-13H,4-9,18-19H2,1-3H3,(H,20,25)(H,21,23)(H,22,24)(H,26,27). The van der Waals surface area contributed by atoms with Crippen LogP contribution in [0.1, 0.15) is 39.5 Å². The predicted octanol–water partition coefficient (Wildman–Crippen LogP) is -1.23. The maximum atomic E-state index is 12.5. The van der Waals surface area contributed by atoms with Gasteiger partial charge in [-0.2, -0.15) is 11.8 Å². The highest BCUT2D eigenvalue weighted by atomic mass is 32.2. The smallest absolute Gasteiger partial charge is 0.326 e. The van der Waals surface area contributed by atoms with Crippen LogP contribution in [0.3, 0.4) is 0 Å². The minimum absolute atomic E-state index is 0.250. The van der Waals surface area contributed by atoms with Crippen LogP contribution in [0, 0.1) is 0 Å². The number of hydrogen-bond acceptors (Lipinski definition) is 7. The summed E-state index contributed by atoms with van der Waals surface area (Å²) < 4.78 is 0.